The second-order valence-corrected chi connectivity index (χ2v) is 10.3. The average molecular weight is 373 g/mol. The zero-order chi connectivity index (χ0) is 19.0. The van der Waals surface area contributed by atoms with Gasteiger partial charge in [0.25, 0.3) is 0 Å². The number of ether oxygens (including phenoxy) is 1. The number of carbonyl (C=O) groups is 1. The van der Waals surface area contributed by atoms with Gasteiger partial charge in [-0.25, -0.2) is 4.79 Å². The predicted octanol–water partition coefficient (Wildman–Crippen LogP) is 5.76. The van der Waals surface area contributed by atoms with E-state index in [1.807, 2.05) is 0 Å². The van der Waals surface area contributed by atoms with Crippen LogP contribution in [-0.2, 0) is 18.4 Å². The van der Waals surface area contributed by atoms with Gasteiger partial charge in [0.15, 0.2) is 0 Å². The van der Waals surface area contributed by atoms with Crippen molar-refractivity contribution in [3.63, 3.8) is 0 Å². The van der Waals surface area contributed by atoms with Crippen molar-refractivity contribution < 1.29 is 18.4 Å². The zero-order valence-corrected chi connectivity index (χ0v) is 18.0. The van der Waals surface area contributed by atoms with Gasteiger partial charge in [0.05, 0.1) is 6.61 Å². The lowest BCUT2D eigenvalue weighted by Crippen LogP contribution is -2.40. The third kappa shape index (κ3) is 15.3. The average Bonchev–Trinajstić information content (AvgIpc) is 2.55. The van der Waals surface area contributed by atoms with Gasteiger partial charge >= 0.3 is 14.5 Å². The van der Waals surface area contributed by atoms with E-state index in [4.69, 9.17) is 13.6 Å². The highest BCUT2D eigenvalue weighted by atomic mass is 28.4. The van der Waals surface area contributed by atoms with Crippen molar-refractivity contribution in [1.82, 2.24) is 0 Å². The topological polar surface area (TPSA) is 44.8 Å². The fraction of sp³-hybridized carbons (Fsp3) is 0.850. The number of carbonyl (C=O) groups excluding carboxylic acids is 1. The molecule has 0 saturated carbocycles. The van der Waals surface area contributed by atoms with E-state index in [0.717, 1.165) is 25.5 Å². The highest BCUT2D eigenvalue weighted by Crippen LogP contribution is 2.20. The summed E-state index contributed by atoms with van der Waals surface area (Å²) in [6.07, 6.45) is 12.5. The van der Waals surface area contributed by atoms with Gasteiger partial charge in [-0.1, -0.05) is 57.9 Å². The van der Waals surface area contributed by atoms with Gasteiger partial charge in [0, 0.05) is 18.8 Å². The summed E-state index contributed by atoms with van der Waals surface area (Å²) in [6.45, 7) is 13.1. The maximum absolute atomic E-state index is 10.9. The Bertz CT molecular complexity index is 347. The molecular weight excluding hydrogens is 332 g/mol. The largest absolute Gasteiger partial charge is 0.463 e. The normalized spacial score (nSPS) is 13.6. The maximum Gasteiger partial charge on any atom is 0.335 e. The molecule has 1 atom stereocenters. The Morgan fingerprint density at radius 2 is 1.52 bits per heavy atom. The van der Waals surface area contributed by atoms with Crippen molar-refractivity contribution in [3.8, 4) is 0 Å². The molecule has 0 fully saturated rings. The summed E-state index contributed by atoms with van der Waals surface area (Å²) < 4.78 is 17.0. The van der Waals surface area contributed by atoms with Crippen LogP contribution in [0, 0.1) is 0 Å². The van der Waals surface area contributed by atoms with Crippen LogP contribution in [0.25, 0.3) is 0 Å². The maximum atomic E-state index is 10.9. The van der Waals surface area contributed by atoms with Crippen LogP contribution in [0.3, 0.4) is 0 Å². The van der Waals surface area contributed by atoms with E-state index in [1.54, 1.807) is 0 Å². The first-order valence-electron chi connectivity index (χ1n) is 10.0. The molecule has 0 bridgehead atoms. The zero-order valence-electron chi connectivity index (χ0n) is 17.0. The molecule has 0 aromatic heterocycles. The molecule has 0 saturated heterocycles. The van der Waals surface area contributed by atoms with Gasteiger partial charge in [-0.2, -0.15) is 0 Å². The van der Waals surface area contributed by atoms with E-state index >= 15 is 0 Å². The molecule has 0 aliphatic rings. The predicted molar refractivity (Wildman–Crippen MR) is 107 cm³/mol. The molecule has 0 aliphatic carbocycles. The van der Waals surface area contributed by atoms with Crippen molar-refractivity contribution in [1.29, 1.82) is 0 Å². The van der Waals surface area contributed by atoms with E-state index in [0.29, 0.717) is 6.61 Å². The van der Waals surface area contributed by atoms with Crippen LogP contribution in [0.4, 0.5) is 0 Å². The Labute approximate surface area is 156 Å². The molecule has 0 radical (unpaired) electrons. The highest BCUT2D eigenvalue weighted by Gasteiger charge is 2.31. The van der Waals surface area contributed by atoms with E-state index in [-0.39, 0.29) is 12.1 Å². The molecule has 0 rings (SSSR count). The molecule has 0 heterocycles. The van der Waals surface area contributed by atoms with Crippen LogP contribution in [0.15, 0.2) is 12.7 Å². The van der Waals surface area contributed by atoms with E-state index in [2.05, 4.69) is 33.9 Å². The third-order valence-corrected chi connectivity index (χ3v) is 7.25. The van der Waals surface area contributed by atoms with Crippen molar-refractivity contribution in [3.05, 3.63) is 12.7 Å². The summed E-state index contributed by atoms with van der Waals surface area (Å²) >= 11 is 0. The Morgan fingerprint density at radius 1 is 1.00 bits per heavy atom. The lowest BCUT2D eigenvalue weighted by molar-refractivity contribution is -0.137. The minimum absolute atomic E-state index is 0.253. The fourth-order valence-corrected chi connectivity index (χ4v) is 5.82. The lowest BCUT2D eigenvalue weighted by Gasteiger charge is -2.28. The second kappa shape index (κ2) is 15.6. The van der Waals surface area contributed by atoms with Gasteiger partial charge in [-0.05, 0) is 39.8 Å². The van der Waals surface area contributed by atoms with Crippen LogP contribution in [0.2, 0.25) is 12.6 Å². The Kier molecular flexibility index (Phi) is 15.2. The number of hydrogen-bond acceptors (Lipinski definition) is 4. The van der Waals surface area contributed by atoms with E-state index < -0.39 is 8.56 Å². The van der Waals surface area contributed by atoms with Crippen LogP contribution in [-0.4, -0.2) is 33.8 Å². The van der Waals surface area contributed by atoms with Crippen LogP contribution in [0.5, 0.6) is 0 Å². The summed E-state index contributed by atoms with van der Waals surface area (Å²) in [4.78, 5) is 10.9. The van der Waals surface area contributed by atoms with Crippen LogP contribution < -0.4 is 0 Å². The Morgan fingerprint density at radius 3 is 2.00 bits per heavy atom. The molecule has 0 aromatic rings. The quantitative estimate of drug-likeness (QED) is 0.141. The summed E-state index contributed by atoms with van der Waals surface area (Å²) in [7, 11) is -1.96. The molecule has 25 heavy (non-hydrogen) atoms. The summed E-state index contributed by atoms with van der Waals surface area (Å²) in [6, 6.07) is 1.10. The van der Waals surface area contributed by atoms with Gasteiger partial charge in [-0.15, -0.1) is 0 Å². The molecule has 5 heteroatoms. The monoisotopic (exact) mass is 372 g/mol. The molecule has 0 aliphatic heterocycles. The summed E-state index contributed by atoms with van der Waals surface area (Å²) in [5.74, 6) is -0.317. The van der Waals surface area contributed by atoms with Crippen molar-refractivity contribution in [2.24, 2.45) is 0 Å². The molecule has 0 aromatic carbocycles. The smallest absolute Gasteiger partial charge is 0.335 e. The van der Waals surface area contributed by atoms with Crippen LogP contribution in [0.1, 0.15) is 78.6 Å². The highest BCUT2D eigenvalue weighted by molar-refractivity contribution is 6.66. The molecule has 0 N–H and O–H groups in total. The molecule has 148 valence electrons. The Balaban J connectivity index is 3.48. The SMILES string of the molecule is C=CC(=O)OCCCCCCCCCCC[Si](C)(OCC)OC(C)C. The van der Waals surface area contributed by atoms with E-state index in [9.17, 15) is 4.79 Å². The Hall–Kier alpha value is -0.653. The minimum Gasteiger partial charge on any atom is -0.463 e. The lowest BCUT2D eigenvalue weighted by atomic mass is 10.1. The second-order valence-electron chi connectivity index (χ2n) is 7.04. The summed E-state index contributed by atoms with van der Waals surface area (Å²) in [5, 5.41) is 0. The first-order valence-corrected chi connectivity index (χ1v) is 12.6. The van der Waals surface area contributed by atoms with Crippen molar-refractivity contribution in [2.45, 2.75) is 97.3 Å². The number of hydrogen-bond donors (Lipinski definition) is 0. The molecule has 0 amide bonds. The minimum atomic E-state index is -1.96. The molecule has 1 unspecified atom stereocenters. The number of esters is 1. The number of rotatable bonds is 17. The van der Waals surface area contributed by atoms with Crippen molar-refractivity contribution in [2.75, 3.05) is 13.2 Å². The van der Waals surface area contributed by atoms with Gasteiger partial charge in [0.1, 0.15) is 0 Å². The fourth-order valence-electron chi connectivity index (χ4n) is 2.99. The standard InChI is InChI=1S/C20H40O4Si/c1-6-20(21)22-17-15-13-11-9-8-10-12-14-16-18-25(5,23-7-2)24-19(3)4/h6,19H,1,7-18H2,2-5H3. The molecular formula is C20H40O4Si. The van der Waals surface area contributed by atoms with E-state index in [1.165, 1.54) is 51.0 Å². The first-order chi connectivity index (χ1) is 11.9. The van der Waals surface area contributed by atoms with Gasteiger partial charge in [-0.3, -0.25) is 0 Å². The van der Waals surface area contributed by atoms with Gasteiger partial charge < -0.3 is 13.6 Å². The third-order valence-electron chi connectivity index (χ3n) is 4.12. The molecule has 0 spiro atoms. The molecule has 4 nitrogen and oxygen atoms in total. The summed E-state index contributed by atoms with van der Waals surface area (Å²) in [5.41, 5.74) is 0. The first kappa shape index (κ1) is 24.3. The van der Waals surface area contributed by atoms with Gasteiger partial charge in [0.2, 0.25) is 0 Å². The van der Waals surface area contributed by atoms with Crippen molar-refractivity contribution >= 4 is 14.5 Å². The number of unbranched alkanes of at least 4 members (excludes halogenated alkanes) is 8. The van der Waals surface area contributed by atoms with Crippen LogP contribution >= 0.6 is 0 Å².